The predicted octanol–water partition coefficient (Wildman–Crippen LogP) is 0.957. The molecule has 1 aromatic rings. The van der Waals surface area contributed by atoms with Crippen LogP contribution in [-0.4, -0.2) is 75.2 Å². The number of nitrogens with zero attached hydrogens (tertiary/aromatic N) is 3. The van der Waals surface area contributed by atoms with Gasteiger partial charge in [0.15, 0.2) is 0 Å². The smallest absolute Gasteiger partial charge is 0.141 e. The van der Waals surface area contributed by atoms with Crippen molar-refractivity contribution in [2.24, 2.45) is 0 Å². The molecule has 0 atom stereocenters. The number of benzene rings is 1. The Morgan fingerprint density at radius 1 is 1.14 bits per heavy atom. The Kier molecular flexibility index (Phi) is 5.85. The van der Waals surface area contributed by atoms with Gasteiger partial charge >= 0.3 is 0 Å². The first-order chi connectivity index (χ1) is 10.1. The minimum absolute atomic E-state index is 0.722. The van der Waals surface area contributed by atoms with Gasteiger partial charge in [-0.2, -0.15) is 0 Å². The third-order valence-corrected chi connectivity index (χ3v) is 4.03. The van der Waals surface area contributed by atoms with E-state index in [1.807, 2.05) is 12.1 Å². The van der Waals surface area contributed by atoms with E-state index < -0.39 is 0 Å². The van der Waals surface area contributed by atoms with Gasteiger partial charge in [0, 0.05) is 45.8 Å². The predicted molar refractivity (Wildman–Crippen MR) is 87.7 cm³/mol. The van der Waals surface area contributed by atoms with Gasteiger partial charge in [0.1, 0.15) is 5.75 Å². The summed E-state index contributed by atoms with van der Waals surface area (Å²) < 4.78 is 5.20. The Labute approximate surface area is 128 Å². The maximum atomic E-state index is 5.97. The Morgan fingerprint density at radius 2 is 1.81 bits per heavy atom. The standard InChI is InChI=1S/C16H28N4O/c1-18(2)6-7-19-8-10-20(11-9-19)13-14-4-5-16(21-3)15(17)12-14/h4-5,12H,6-11,13,17H2,1-3H3. The molecular formula is C16H28N4O. The molecule has 1 aliphatic heterocycles. The first kappa shape index (κ1) is 16.1. The molecule has 0 amide bonds. The van der Waals surface area contributed by atoms with Crippen molar-refractivity contribution in [1.82, 2.24) is 14.7 Å². The molecule has 1 heterocycles. The van der Waals surface area contributed by atoms with E-state index in [4.69, 9.17) is 10.5 Å². The van der Waals surface area contributed by atoms with E-state index in [0.29, 0.717) is 0 Å². The average Bonchev–Trinajstić information content (AvgIpc) is 2.47. The van der Waals surface area contributed by atoms with Crippen LogP contribution in [-0.2, 0) is 6.54 Å². The number of ether oxygens (including phenoxy) is 1. The minimum Gasteiger partial charge on any atom is -0.495 e. The summed E-state index contributed by atoms with van der Waals surface area (Å²) in [6.07, 6.45) is 0. The van der Waals surface area contributed by atoms with Crippen molar-refractivity contribution in [3.8, 4) is 5.75 Å². The highest BCUT2D eigenvalue weighted by Crippen LogP contribution is 2.22. The minimum atomic E-state index is 0.722. The molecule has 118 valence electrons. The number of nitrogen functional groups attached to an aromatic ring is 1. The second-order valence-corrected chi connectivity index (χ2v) is 6.00. The lowest BCUT2D eigenvalue weighted by atomic mass is 10.1. The lowest BCUT2D eigenvalue weighted by Gasteiger charge is -2.35. The van der Waals surface area contributed by atoms with Crippen LogP contribution in [0.3, 0.4) is 0 Å². The molecule has 1 aromatic carbocycles. The number of hydrogen-bond acceptors (Lipinski definition) is 5. The highest BCUT2D eigenvalue weighted by atomic mass is 16.5. The van der Waals surface area contributed by atoms with E-state index in [1.54, 1.807) is 7.11 Å². The fourth-order valence-electron chi connectivity index (χ4n) is 2.65. The summed E-state index contributed by atoms with van der Waals surface area (Å²) in [4.78, 5) is 7.28. The summed E-state index contributed by atoms with van der Waals surface area (Å²) in [6, 6.07) is 6.09. The fraction of sp³-hybridized carbons (Fsp3) is 0.625. The van der Waals surface area contributed by atoms with Gasteiger partial charge in [0.2, 0.25) is 0 Å². The van der Waals surface area contributed by atoms with Crippen molar-refractivity contribution in [3.05, 3.63) is 23.8 Å². The molecule has 0 saturated carbocycles. The van der Waals surface area contributed by atoms with E-state index in [9.17, 15) is 0 Å². The SMILES string of the molecule is COc1ccc(CN2CCN(CCN(C)C)CC2)cc1N. The highest BCUT2D eigenvalue weighted by molar-refractivity contribution is 5.54. The summed E-state index contributed by atoms with van der Waals surface area (Å²) in [5, 5.41) is 0. The average molecular weight is 292 g/mol. The molecule has 1 saturated heterocycles. The Balaban J connectivity index is 1.79. The van der Waals surface area contributed by atoms with Crippen molar-refractivity contribution >= 4 is 5.69 Å². The second kappa shape index (κ2) is 7.64. The maximum absolute atomic E-state index is 5.97. The van der Waals surface area contributed by atoms with E-state index >= 15 is 0 Å². The molecule has 0 radical (unpaired) electrons. The Hall–Kier alpha value is -1.30. The van der Waals surface area contributed by atoms with E-state index in [1.165, 1.54) is 5.56 Å². The lowest BCUT2D eigenvalue weighted by molar-refractivity contribution is 0.120. The van der Waals surface area contributed by atoms with Gasteiger partial charge in [-0.15, -0.1) is 0 Å². The van der Waals surface area contributed by atoms with Crippen LogP contribution in [0.2, 0.25) is 0 Å². The molecule has 0 aliphatic carbocycles. The van der Waals surface area contributed by atoms with Gasteiger partial charge in [0.05, 0.1) is 12.8 Å². The van der Waals surface area contributed by atoms with Gasteiger partial charge < -0.3 is 15.4 Å². The zero-order valence-electron chi connectivity index (χ0n) is 13.5. The zero-order valence-corrected chi connectivity index (χ0v) is 13.5. The monoisotopic (exact) mass is 292 g/mol. The molecular weight excluding hydrogens is 264 g/mol. The van der Waals surface area contributed by atoms with Gasteiger partial charge in [-0.3, -0.25) is 9.80 Å². The molecule has 1 aliphatic rings. The topological polar surface area (TPSA) is 45.0 Å². The Morgan fingerprint density at radius 3 is 2.38 bits per heavy atom. The van der Waals surface area contributed by atoms with Crippen LogP contribution in [0.25, 0.3) is 0 Å². The van der Waals surface area contributed by atoms with Crippen LogP contribution in [0.15, 0.2) is 18.2 Å². The summed E-state index contributed by atoms with van der Waals surface area (Å²) in [6.45, 7) is 7.82. The van der Waals surface area contributed by atoms with Crippen LogP contribution in [0.5, 0.6) is 5.75 Å². The molecule has 0 bridgehead atoms. The quantitative estimate of drug-likeness (QED) is 0.791. The fourth-order valence-corrected chi connectivity index (χ4v) is 2.65. The maximum Gasteiger partial charge on any atom is 0.141 e. The first-order valence-corrected chi connectivity index (χ1v) is 7.60. The number of hydrogen-bond donors (Lipinski definition) is 1. The number of methoxy groups -OCH3 is 1. The molecule has 1 fully saturated rings. The van der Waals surface area contributed by atoms with Crippen LogP contribution >= 0.6 is 0 Å². The van der Waals surface area contributed by atoms with E-state index in [-0.39, 0.29) is 0 Å². The molecule has 0 aromatic heterocycles. The second-order valence-electron chi connectivity index (χ2n) is 6.00. The molecule has 2 rings (SSSR count). The van der Waals surface area contributed by atoms with Gasteiger partial charge in [0.25, 0.3) is 0 Å². The molecule has 0 unspecified atom stereocenters. The lowest BCUT2D eigenvalue weighted by Crippen LogP contribution is -2.47. The van der Waals surface area contributed by atoms with Crippen molar-refractivity contribution in [3.63, 3.8) is 0 Å². The Bertz CT molecular complexity index is 442. The number of piperazine rings is 1. The number of likely N-dealkylation sites (N-methyl/N-ethyl adjacent to an activating group) is 1. The van der Waals surface area contributed by atoms with Crippen molar-refractivity contribution in [1.29, 1.82) is 0 Å². The first-order valence-electron chi connectivity index (χ1n) is 7.60. The van der Waals surface area contributed by atoms with Gasteiger partial charge in [-0.05, 0) is 31.8 Å². The van der Waals surface area contributed by atoms with Crippen LogP contribution in [0, 0.1) is 0 Å². The summed E-state index contributed by atoms with van der Waals surface area (Å²) in [5.74, 6) is 0.757. The summed E-state index contributed by atoms with van der Waals surface area (Å²) in [7, 11) is 5.91. The number of anilines is 1. The number of rotatable bonds is 6. The number of nitrogens with two attached hydrogens (primary N) is 1. The third kappa shape index (κ3) is 4.88. The van der Waals surface area contributed by atoms with Gasteiger partial charge in [-0.1, -0.05) is 6.07 Å². The summed E-state index contributed by atoms with van der Waals surface area (Å²) in [5.41, 5.74) is 7.95. The van der Waals surface area contributed by atoms with E-state index in [0.717, 1.165) is 57.3 Å². The normalized spacial score (nSPS) is 17.3. The van der Waals surface area contributed by atoms with E-state index in [2.05, 4.69) is 34.9 Å². The van der Waals surface area contributed by atoms with Crippen LogP contribution < -0.4 is 10.5 Å². The molecule has 2 N–H and O–H groups in total. The molecule has 5 nitrogen and oxygen atoms in total. The zero-order chi connectivity index (χ0) is 15.2. The molecule has 5 heteroatoms. The van der Waals surface area contributed by atoms with Crippen LogP contribution in [0.1, 0.15) is 5.56 Å². The van der Waals surface area contributed by atoms with Crippen LogP contribution in [0.4, 0.5) is 5.69 Å². The third-order valence-electron chi connectivity index (χ3n) is 4.03. The van der Waals surface area contributed by atoms with Crippen molar-refractivity contribution in [2.75, 3.05) is 66.2 Å². The van der Waals surface area contributed by atoms with Crippen molar-refractivity contribution < 1.29 is 4.74 Å². The van der Waals surface area contributed by atoms with Crippen molar-refractivity contribution in [2.45, 2.75) is 6.54 Å². The summed E-state index contributed by atoms with van der Waals surface area (Å²) >= 11 is 0. The molecule has 0 spiro atoms. The molecule has 21 heavy (non-hydrogen) atoms. The highest BCUT2D eigenvalue weighted by Gasteiger charge is 2.17. The van der Waals surface area contributed by atoms with Gasteiger partial charge in [-0.25, -0.2) is 0 Å². The largest absolute Gasteiger partial charge is 0.495 e.